The summed E-state index contributed by atoms with van der Waals surface area (Å²) >= 11 is 1.55. The van der Waals surface area contributed by atoms with Gasteiger partial charge in [-0.2, -0.15) is 0 Å². The SMILES string of the molecule is C#CCSc1nc2cc(C)ccc2[nH]1. The molecule has 0 amide bonds. The Morgan fingerprint density at radius 3 is 3.21 bits per heavy atom. The molecule has 0 fully saturated rings. The second kappa shape index (κ2) is 3.77. The van der Waals surface area contributed by atoms with Crippen molar-refractivity contribution < 1.29 is 0 Å². The molecule has 0 spiro atoms. The normalized spacial score (nSPS) is 10.3. The van der Waals surface area contributed by atoms with Gasteiger partial charge in [0, 0.05) is 0 Å². The maximum absolute atomic E-state index is 5.18. The molecule has 1 heterocycles. The zero-order valence-electron chi connectivity index (χ0n) is 7.87. The Morgan fingerprint density at radius 2 is 2.43 bits per heavy atom. The molecule has 0 aliphatic heterocycles. The molecule has 3 heteroatoms. The summed E-state index contributed by atoms with van der Waals surface area (Å²) in [4.78, 5) is 7.64. The van der Waals surface area contributed by atoms with Gasteiger partial charge in [-0.15, -0.1) is 6.42 Å². The third kappa shape index (κ3) is 1.75. The number of imidazole rings is 1. The van der Waals surface area contributed by atoms with E-state index in [2.05, 4.69) is 34.9 Å². The van der Waals surface area contributed by atoms with Crippen LogP contribution in [0.25, 0.3) is 11.0 Å². The quantitative estimate of drug-likeness (QED) is 0.599. The number of H-pyrrole nitrogens is 1. The lowest BCUT2D eigenvalue weighted by molar-refractivity contribution is 1.08. The van der Waals surface area contributed by atoms with Crippen LogP contribution in [-0.4, -0.2) is 15.7 Å². The molecule has 0 atom stereocenters. The second-order valence-electron chi connectivity index (χ2n) is 3.06. The van der Waals surface area contributed by atoms with Crippen molar-refractivity contribution in [2.45, 2.75) is 12.1 Å². The molecule has 0 aliphatic rings. The summed E-state index contributed by atoms with van der Waals surface area (Å²) in [6, 6.07) is 6.17. The molecular weight excluding hydrogens is 192 g/mol. The molecule has 0 aliphatic carbocycles. The molecule has 2 nitrogen and oxygen atoms in total. The van der Waals surface area contributed by atoms with Gasteiger partial charge in [0.15, 0.2) is 5.16 Å². The number of benzene rings is 1. The zero-order valence-corrected chi connectivity index (χ0v) is 8.69. The highest BCUT2D eigenvalue weighted by Gasteiger charge is 2.01. The maximum Gasteiger partial charge on any atom is 0.167 e. The third-order valence-electron chi connectivity index (χ3n) is 1.91. The zero-order chi connectivity index (χ0) is 9.97. The highest BCUT2D eigenvalue weighted by molar-refractivity contribution is 7.99. The van der Waals surface area contributed by atoms with Crippen LogP contribution in [0.5, 0.6) is 0 Å². The van der Waals surface area contributed by atoms with Crippen molar-refractivity contribution in [2.24, 2.45) is 0 Å². The van der Waals surface area contributed by atoms with E-state index in [0.717, 1.165) is 16.2 Å². The predicted molar refractivity (Wildman–Crippen MR) is 60.4 cm³/mol. The summed E-state index contributed by atoms with van der Waals surface area (Å²) in [7, 11) is 0. The van der Waals surface area contributed by atoms with E-state index in [-0.39, 0.29) is 0 Å². The number of nitrogens with one attached hydrogen (secondary N) is 1. The van der Waals surface area contributed by atoms with Crippen LogP contribution >= 0.6 is 11.8 Å². The molecule has 0 unspecified atom stereocenters. The van der Waals surface area contributed by atoms with E-state index in [1.165, 1.54) is 5.56 Å². The van der Waals surface area contributed by atoms with Crippen LogP contribution < -0.4 is 0 Å². The van der Waals surface area contributed by atoms with E-state index in [0.29, 0.717) is 5.75 Å². The Balaban J connectivity index is 2.37. The second-order valence-corrected chi connectivity index (χ2v) is 4.02. The number of nitrogens with zero attached hydrogens (tertiary/aromatic N) is 1. The van der Waals surface area contributed by atoms with Crippen molar-refractivity contribution in [3.8, 4) is 12.3 Å². The van der Waals surface area contributed by atoms with Gasteiger partial charge < -0.3 is 4.98 Å². The fraction of sp³-hybridized carbons (Fsp3) is 0.182. The maximum atomic E-state index is 5.18. The van der Waals surface area contributed by atoms with E-state index in [1.54, 1.807) is 11.8 Å². The van der Waals surface area contributed by atoms with E-state index in [4.69, 9.17) is 6.42 Å². The summed E-state index contributed by atoms with van der Waals surface area (Å²) < 4.78 is 0. The van der Waals surface area contributed by atoms with Crippen molar-refractivity contribution in [3.63, 3.8) is 0 Å². The Hall–Kier alpha value is -1.40. The number of rotatable bonds is 2. The first-order chi connectivity index (χ1) is 6.79. The number of terminal acetylenes is 1. The van der Waals surface area contributed by atoms with Gasteiger partial charge in [0.1, 0.15) is 0 Å². The average Bonchev–Trinajstić information content (AvgIpc) is 2.56. The fourth-order valence-electron chi connectivity index (χ4n) is 1.27. The van der Waals surface area contributed by atoms with Crippen LogP contribution in [0.15, 0.2) is 23.4 Å². The van der Waals surface area contributed by atoms with E-state index >= 15 is 0 Å². The van der Waals surface area contributed by atoms with Gasteiger partial charge >= 0.3 is 0 Å². The summed E-state index contributed by atoms with van der Waals surface area (Å²) in [5.74, 6) is 3.23. The Kier molecular flexibility index (Phi) is 2.47. The molecule has 2 rings (SSSR count). The Bertz CT molecular complexity index is 493. The van der Waals surface area contributed by atoms with Gasteiger partial charge in [-0.05, 0) is 24.6 Å². The minimum absolute atomic E-state index is 0.652. The van der Waals surface area contributed by atoms with Crippen LogP contribution in [-0.2, 0) is 0 Å². The van der Waals surface area contributed by atoms with Gasteiger partial charge in [-0.3, -0.25) is 0 Å². The highest BCUT2D eigenvalue weighted by Crippen LogP contribution is 2.19. The summed E-state index contributed by atoms with van der Waals surface area (Å²) in [5, 5.41) is 0.892. The molecule has 2 aromatic rings. The first-order valence-electron chi connectivity index (χ1n) is 4.32. The standard InChI is InChI=1S/C11H10N2S/c1-3-6-14-11-12-9-5-4-8(2)7-10(9)13-11/h1,4-5,7H,6H2,2H3,(H,12,13). The topological polar surface area (TPSA) is 28.7 Å². The van der Waals surface area contributed by atoms with E-state index < -0.39 is 0 Å². The number of aromatic nitrogens is 2. The lowest BCUT2D eigenvalue weighted by Crippen LogP contribution is -1.75. The van der Waals surface area contributed by atoms with Crippen molar-refractivity contribution in [3.05, 3.63) is 23.8 Å². The predicted octanol–water partition coefficient (Wildman–Crippen LogP) is 2.60. The molecule has 1 N–H and O–H groups in total. The van der Waals surface area contributed by atoms with Crippen LogP contribution in [0.2, 0.25) is 0 Å². The lowest BCUT2D eigenvalue weighted by atomic mass is 10.2. The fourth-order valence-corrected chi connectivity index (χ4v) is 1.84. The smallest absolute Gasteiger partial charge is 0.167 e. The molecule has 0 saturated carbocycles. The van der Waals surface area contributed by atoms with Crippen LogP contribution in [0, 0.1) is 19.3 Å². The number of aromatic amines is 1. The van der Waals surface area contributed by atoms with Crippen molar-refractivity contribution in [1.82, 2.24) is 9.97 Å². The number of hydrogen-bond donors (Lipinski definition) is 1. The van der Waals surface area contributed by atoms with E-state index in [9.17, 15) is 0 Å². The number of hydrogen-bond acceptors (Lipinski definition) is 2. The van der Waals surface area contributed by atoms with Gasteiger partial charge in [0.2, 0.25) is 0 Å². The van der Waals surface area contributed by atoms with E-state index in [1.807, 2.05) is 6.07 Å². The van der Waals surface area contributed by atoms with Crippen LogP contribution in [0.4, 0.5) is 0 Å². The lowest BCUT2D eigenvalue weighted by Gasteiger charge is -1.88. The summed E-state index contributed by atoms with van der Waals surface area (Å²) in [6.45, 7) is 2.06. The monoisotopic (exact) mass is 202 g/mol. The number of thioether (sulfide) groups is 1. The third-order valence-corrected chi connectivity index (χ3v) is 2.69. The van der Waals surface area contributed by atoms with Gasteiger partial charge in [0.25, 0.3) is 0 Å². The molecular formula is C11H10N2S. The summed E-state index contributed by atoms with van der Waals surface area (Å²) in [5.41, 5.74) is 3.29. The molecule has 1 aromatic heterocycles. The minimum atomic E-state index is 0.652. The van der Waals surface area contributed by atoms with Crippen molar-refractivity contribution in [2.75, 3.05) is 5.75 Å². The first kappa shape index (κ1) is 9.17. The van der Waals surface area contributed by atoms with Crippen molar-refractivity contribution in [1.29, 1.82) is 0 Å². The molecule has 0 bridgehead atoms. The highest BCUT2D eigenvalue weighted by atomic mass is 32.2. The average molecular weight is 202 g/mol. The molecule has 0 radical (unpaired) electrons. The summed E-state index contributed by atoms with van der Waals surface area (Å²) in [6.07, 6.45) is 5.18. The van der Waals surface area contributed by atoms with Crippen LogP contribution in [0.1, 0.15) is 5.56 Å². The number of fused-ring (bicyclic) bond motifs is 1. The van der Waals surface area contributed by atoms with Crippen LogP contribution in [0.3, 0.4) is 0 Å². The Morgan fingerprint density at radius 1 is 1.57 bits per heavy atom. The molecule has 14 heavy (non-hydrogen) atoms. The Labute approximate surface area is 87.1 Å². The number of aryl methyl sites for hydroxylation is 1. The molecule has 0 saturated heterocycles. The van der Waals surface area contributed by atoms with Gasteiger partial charge in [0.05, 0.1) is 16.8 Å². The largest absolute Gasteiger partial charge is 0.333 e. The first-order valence-corrected chi connectivity index (χ1v) is 5.31. The van der Waals surface area contributed by atoms with Gasteiger partial charge in [-0.25, -0.2) is 4.98 Å². The van der Waals surface area contributed by atoms with Gasteiger partial charge in [-0.1, -0.05) is 23.7 Å². The minimum Gasteiger partial charge on any atom is -0.333 e. The molecule has 1 aromatic carbocycles. The van der Waals surface area contributed by atoms with Crippen molar-refractivity contribution >= 4 is 22.8 Å². The molecule has 70 valence electrons.